The van der Waals surface area contributed by atoms with Crippen LogP contribution in [0.1, 0.15) is 31.6 Å². The van der Waals surface area contributed by atoms with Crippen molar-refractivity contribution in [1.29, 1.82) is 0 Å². The van der Waals surface area contributed by atoms with Crippen LogP contribution in [0.25, 0.3) is 0 Å². The fourth-order valence-corrected chi connectivity index (χ4v) is 1.88. The molecule has 0 aromatic carbocycles. The summed E-state index contributed by atoms with van der Waals surface area (Å²) in [5.74, 6) is 0.161. The lowest BCUT2D eigenvalue weighted by atomic mass is 9.91. The summed E-state index contributed by atoms with van der Waals surface area (Å²) in [6.07, 6.45) is 2.08. The summed E-state index contributed by atoms with van der Waals surface area (Å²) < 4.78 is 0. The minimum Gasteiger partial charge on any atom is -0.319 e. The molecule has 1 heterocycles. The van der Waals surface area contributed by atoms with Gasteiger partial charge in [-0.2, -0.15) is 0 Å². The molecule has 78 valence electrons. The zero-order valence-corrected chi connectivity index (χ0v) is 9.56. The first-order valence-corrected chi connectivity index (χ1v) is 5.79. The standard InChI is InChI=1S/C11H17NOS/c1-3-11(2,12)10(13)7-6-9-5-4-8-14-9/h4-5,8H,3,6-7,12H2,1-2H3. The summed E-state index contributed by atoms with van der Waals surface area (Å²) in [6.45, 7) is 3.76. The summed E-state index contributed by atoms with van der Waals surface area (Å²) in [4.78, 5) is 12.9. The third-order valence-corrected chi connectivity index (χ3v) is 3.49. The van der Waals surface area contributed by atoms with E-state index in [-0.39, 0.29) is 5.78 Å². The van der Waals surface area contributed by atoms with Gasteiger partial charge in [-0.3, -0.25) is 4.79 Å². The third kappa shape index (κ3) is 2.93. The first kappa shape index (κ1) is 11.4. The number of ketones is 1. The maximum atomic E-state index is 11.7. The second-order valence-electron chi connectivity index (χ2n) is 3.77. The lowest BCUT2D eigenvalue weighted by Crippen LogP contribution is -2.44. The van der Waals surface area contributed by atoms with Crippen molar-refractivity contribution in [3.8, 4) is 0 Å². The molecule has 1 atom stereocenters. The number of rotatable bonds is 5. The summed E-state index contributed by atoms with van der Waals surface area (Å²) in [6, 6.07) is 4.06. The van der Waals surface area contributed by atoms with E-state index < -0.39 is 5.54 Å². The van der Waals surface area contributed by atoms with Crippen molar-refractivity contribution in [2.75, 3.05) is 0 Å². The molecule has 1 aromatic rings. The van der Waals surface area contributed by atoms with Gasteiger partial charge in [-0.25, -0.2) is 0 Å². The highest BCUT2D eigenvalue weighted by atomic mass is 32.1. The predicted molar refractivity (Wildman–Crippen MR) is 60.5 cm³/mol. The summed E-state index contributed by atoms with van der Waals surface area (Å²) in [5.41, 5.74) is 5.21. The zero-order valence-electron chi connectivity index (χ0n) is 8.75. The van der Waals surface area contributed by atoms with E-state index in [1.807, 2.05) is 25.3 Å². The van der Waals surface area contributed by atoms with E-state index in [1.54, 1.807) is 11.3 Å². The lowest BCUT2D eigenvalue weighted by Gasteiger charge is -2.20. The number of nitrogens with two attached hydrogens (primary N) is 1. The topological polar surface area (TPSA) is 43.1 Å². The van der Waals surface area contributed by atoms with Gasteiger partial charge in [0.05, 0.1) is 5.54 Å². The Hall–Kier alpha value is -0.670. The third-order valence-electron chi connectivity index (χ3n) is 2.55. The number of aryl methyl sites for hydroxylation is 1. The molecule has 1 unspecified atom stereocenters. The molecular weight excluding hydrogens is 194 g/mol. The lowest BCUT2D eigenvalue weighted by molar-refractivity contribution is -0.123. The normalized spacial score (nSPS) is 15.1. The SMILES string of the molecule is CCC(C)(N)C(=O)CCc1cccs1. The monoisotopic (exact) mass is 211 g/mol. The minimum atomic E-state index is -0.642. The first-order valence-electron chi connectivity index (χ1n) is 4.91. The Morgan fingerprint density at radius 3 is 2.86 bits per heavy atom. The Kier molecular flexibility index (Phi) is 3.84. The average molecular weight is 211 g/mol. The fourth-order valence-electron chi connectivity index (χ4n) is 1.17. The van der Waals surface area contributed by atoms with Crippen molar-refractivity contribution in [2.24, 2.45) is 5.73 Å². The Morgan fingerprint density at radius 2 is 2.36 bits per heavy atom. The van der Waals surface area contributed by atoms with Crippen LogP contribution < -0.4 is 5.73 Å². The summed E-state index contributed by atoms with van der Waals surface area (Å²) in [5, 5.41) is 2.03. The Morgan fingerprint density at radius 1 is 1.64 bits per heavy atom. The van der Waals surface area contributed by atoms with Crippen LogP contribution in [0.5, 0.6) is 0 Å². The molecule has 0 fully saturated rings. The van der Waals surface area contributed by atoms with Crippen molar-refractivity contribution in [1.82, 2.24) is 0 Å². The number of thiophene rings is 1. The number of Topliss-reactive ketones (excluding diaryl/α,β-unsaturated/α-hetero) is 1. The van der Waals surface area contributed by atoms with E-state index in [0.29, 0.717) is 12.8 Å². The molecule has 3 heteroatoms. The van der Waals surface area contributed by atoms with Crippen molar-refractivity contribution in [3.63, 3.8) is 0 Å². The highest BCUT2D eigenvalue weighted by molar-refractivity contribution is 7.09. The quantitative estimate of drug-likeness (QED) is 0.812. The molecule has 0 aliphatic heterocycles. The van der Waals surface area contributed by atoms with Crippen LogP contribution in [0.2, 0.25) is 0 Å². The number of carbonyl (C=O) groups is 1. The summed E-state index contributed by atoms with van der Waals surface area (Å²) >= 11 is 1.69. The highest BCUT2D eigenvalue weighted by Crippen LogP contribution is 2.15. The molecule has 1 aromatic heterocycles. The summed E-state index contributed by atoms with van der Waals surface area (Å²) in [7, 11) is 0. The van der Waals surface area contributed by atoms with E-state index in [4.69, 9.17) is 5.73 Å². The number of carbonyl (C=O) groups excluding carboxylic acids is 1. The van der Waals surface area contributed by atoms with Crippen LogP contribution in [0.4, 0.5) is 0 Å². The minimum absolute atomic E-state index is 0.161. The van der Waals surface area contributed by atoms with Crippen molar-refractivity contribution in [3.05, 3.63) is 22.4 Å². The van der Waals surface area contributed by atoms with Crippen molar-refractivity contribution in [2.45, 2.75) is 38.6 Å². The maximum Gasteiger partial charge on any atom is 0.152 e. The van der Waals surface area contributed by atoms with Crippen LogP contribution in [-0.2, 0) is 11.2 Å². The van der Waals surface area contributed by atoms with Crippen molar-refractivity contribution < 1.29 is 4.79 Å². The molecule has 0 amide bonds. The predicted octanol–water partition coefficient (Wildman–Crippen LogP) is 2.38. The van der Waals surface area contributed by atoms with E-state index in [9.17, 15) is 4.79 Å². The Bertz CT molecular complexity index is 290. The molecule has 0 saturated carbocycles. The van der Waals surface area contributed by atoms with Crippen LogP contribution in [0.3, 0.4) is 0 Å². The Labute approximate surface area is 89.1 Å². The smallest absolute Gasteiger partial charge is 0.152 e. The number of hydrogen-bond acceptors (Lipinski definition) is 3. The molecule has 14 heavy (non-hydrogen) atoms. The molecule has 2 N–H and O–H groups in total. The van der Waals surface area contributed by atoms with Crippen molar-refractivity contribution >= 4 is 17.1 Å². The van der Waals surface area contributed by atoms with Gasteiger partial charge < -0.3 is 5.73 Å². The fraction of sp³-hybridized carbons (Fsp3) is 0.545. The molecule has 1 rings (SSSR count). The second kappa shape index (κ2) is 4.71. The molecule has 0 spiro atoms. The average Bonchev–Trinajstić information content (AvgIpc) is 2.66. The van der Waals surface area contributed by atoms with Gasteiger partial charge >= 0.3 is 0 Å². The van der Waals surface area contributed by atoms with Gasteiger partial charge in [-0.1, -0.05) is 13.0 Å². The van der Waals surface area contributed by atoms with Crippen LogP contribution in [0, 0.1) is 0 Å². The van der Waals surface area contributed by atoms with Gasteiger partial charge in [-0.05, 0) is 31.2 Å². The van der Waals surface area contributed by atoms with E-state index in [2.05, 4.69) is 6.07 Å². The number of hydrogen-bond donors (Lipinski definition) is 1. The van der Waals surface area contributed by atoms with Crippen LogP contribution in [-0.4, -0.2) is 11.3 Å². The van der Waals surface area contributed by atoms with E-state index in [0.717, 1.165) is 6.42 Å². The first-order chi connectivity index (χ1) is 6.56. The molecular formula is C11H17NOS. The van der Waals surface area contributed by atoms with Gasteiger partial charge in [0, 0.05) is 11.3 Å². The van der Waals surface area contributed by atoms with E-state index in [1.165, 1.54) is 4.88 Å². The van der Waals surface area contributed by atoms with Gasteiger partial charge in [0.15, 0.2) is 5.78 Å². The van der Waals surface area contributed by atoms with Gasteiger partial charge in [0.1, 0.15) is 0 Å². The maximum absolute atomic E-state index is 11.7. The van der Waals surface area contributed by atoms with Crippen LogP contribution in [0.15, 0.2) is 17.5 Å². The molecule has 0 aliphatic carbocycles. The molecule has 0 radical (unpaired) electrons. The molecule has 2 nitrogen and oxygen atoms in total. The van der Waals surface area contributed by atoms with Gasteiger partial charge in [-0.15, -0.1) is 11.3 Å². The van der Waals surface area contributed by atoms with Crippen LogP contribution >= 0.6 is 11.3 Å². The van der Waals surface area contributed by atoms with E-state index >= 15 is 0 Å². The van der Waals surface area contributed by atoms with Gasteiger partial charge in [0.2, 0.25) is 0 Å². The Balaban J connectivity index is 2.43. The largest absolute Gasteiger partial charge is 0.319 e. The molecule has 0 saturated heterocycles. The molecule has 0 aliphatic rings. The highest BCUT2D eigenvalue weighted by Gasteiger charge is 2.24. The second-order valence-corrected chi connectivity index (χ2v) is 4.81. The van der Waals surface area contributed by atoms with Gasteiger partial charge in [0.25, 0.3) is 0 Å². The molecule has 0 bridgehead atoms. The zero-order chi connectivity index (χ0) is 10.6.